The first-order valence-electron chi connectivity index (χ1n) is 15.5. The second kappa shape index (κ2) is 15.4. The molecule has 5 rings (SSSR count). The molecule has 0 aromatic heterocycles. The summed E-state index contributed by atoms with van der Waals surface area (Å²) in [6.07, 6.45) is -10.3. The van der Waals surface area contributed by atoms with E-state index in [9.17, 15) is 40.5 Å². The van der Waals surface area contributed by atoms with Crippen molar-refractivity contribution < 1.29 is 73.7 Å². The molecule has 0 saturated carbocycles. The van der Waals surface area contributed by atoms with Crippen LogP contribution in [-0.4, -0.2) is 125 Å². The van der Waals surface area contributed by atoms with Gasteiger partial charge in [-0.1, -0.05) is 6.07 Å². The van der Waals surface area contributed by atoms with Crippen molar-refractivity contribution in [1.29, 1.82) is 0 Å². The number of hydrogen-bond acceptors (Lipinski definition) is 15. The Labute approximate surface area is 276 Å². The van der Waals surface area contributed by atoms with Crippen molar-refractivity contribution in [1.82, 2.24) is 0 Å². The van der Waals surface area contributed by atoms with Crippen LogP contribution >= 0.6 is 0 Å². The van der Waals surface area contributed by atoms with Crippen LogP contribution in [0.25, 0.3) is 0 Å². The zero-order valence-corrected chi connectivity index (χ0v) is 26.7. The normalized spacial score (nSPS) is 31.3. The van der Waals surface area contributed by atoms with Crippen LogP contribution in [0.5, 0.6) is 23.0 Å². The van der Waals surface area contributed by atoms with E-state index >= 15 is 0 Å². The van der Waals surface area contributed by atoms with Crippen LogP contribution < -0.4 is 18.9 Å². The van der Waals surface area contributed by atoms with E-state index in [1.807, 2.05) is 12.1 Å². The molecule has 0 radical (unpaired) electrons. The number of methoxy groups -OCH3 is 3. The maximum atomic E-state index is 12.4. The third-order valence-corrected chi connectivity index (χ3v) is 8.70. The van der Waals surface area contributed by atoms with Gasteiger partial charge in [-0.3, -0.25) is 0 Å². The van der Waals surface area contributed by atoms with E-state index in [1.54, 1.807) is 25.3 Å². The van der Waals surface area contributed by atoms with Gasteiger partial charge in [0.15, 0.2) is 29.1 Å². The van der Waals surface area contributed by atoms with Crippen LogP contribution in [0.2, 0.25) is 0 Å². The molecule has 15 nitrogen and oxygen atoms in total. The fraction of sp³-hybridized carbons (Fsp3) is 0.545. The van der Waals surface area contributed by atoms with Gasteiger partial charge in [0.2, 0.25) is 6.29 Å². The number of aryl methyl sites for hydroxylation is 1. The number of carbonyl (C=O) groups excluding carboxylic acids is 1. The number of fused-ring (bicyclic) bond motifs is 1. The zero-order valence-electron chi connectivity index (χ0n) is 26.7. The van der Waals surface area contributed by atoms with E-state index < -0.39 is 73.8 Å². The maximum absolute atomic E-state index is 12.4. The highest BCUT2D eigenvalue weighted by Gasteiger charge is 2.45. The summed E-state index contributed by atoms with van der Waals surface area (Å²) in [5, 5.41) is 69.4. The third kappa shape index (κ3) is 7.24. The van der Waals surface area contributed by atoms with Crippen LogP contribution in [0, 0.1) is 0 Å². The molecule has 2 aromatic rings. The Kier molecular flexibility index (Phi) is 11.5. The number of aliphatic hydroxyl groups excluding tert-OH is 7. The van der Waals surface area contributed by atoms with Crippen LogP contribution in [-0.2, 0) is 25.4 Å². The average Bonchev–Trinajstić information content (AvgIpc) is 3.47. The second-order valence-electron chi connectivity index (χ2n) is 11.8. The highest BCUT2D eigenvalue weighted by molar-refractivity contribution is 5.88. The topological polar surface area (TPSA) is 223 Å². The Balaban J connectivity index is 1.27. The molecular formula is C33H42O15. The van der Waals surface area contributed by atoms with Crippen molar-refractivity contribution in [2.45, 2.75) is 80.5 Å². The molecule has 2 aliphatic heterocycles. The van der Waals surface area contributed by atoms with E-state index in [1.165, 1.54) is 20.3 Å². The van der Waals surface area contributed by atoms with E-state index in [4.69, 9.17) is 33.2 Å². The summed E-state index contributed by atoms with van der Waals surface area (Å²) in [5.41, 5.74) is 2.38. The van der Waals surface area contributed by atoms with Crippen LogP contribution in [0.1, 0.15) is 41.7 Å². The van der Waals surface area contributed by atoms with Gasteiger partial charge in [-0.15, -0.1) is 0 Å². The molecule has 0 unspecified atom stereocenters. The van der Waals surface area contributed by atoms with Gasteiger partial charge >= 0.3 is 5.97 Å². The Morgan fingerprint density at radius 3 is 2.31 bits per heavy atom. The quantitative estimate of drug-likeness (QED) is 0.112. The average molecular weight is 679 g/mol. The van der Waals surface area contributed by atoms with Gasteiger partial charge in [0.05, 0.1) is 33.5 Å². The number of esters is 1. The number of rotatable bonds is 12. The molecule has 10 atom stereocenters. The monoisotopic (exact) mass is 678 g/mol. The first-order chi connectivity index (χ1) is 23.0. The number of ether oxygens (including phenoxy) is 7. The molecule has 1 fully saturated rings. The van der Waals surface area contributed by atoms with Crippen molar-refractivity contribution in [2.24, 2.45) is 0 Å². The van der Waals surface area contributed by atoms with E-state index in [-0.39, 0.29) is 30.1 Å². The lowest BCUT2D eigenvalue weighted by molar-refractivity contribution is -0.277. The van der Waals surface area contributed by atoms with Gasteiger partial charge < -0.3 is 68.9 Å². The lowest BCUT2D eigenvalue weighted by Crippen LogP contribution is -2.60. The predicted octanol–water partition coefficient (Wildman–Crippen LogP) is -0.408. The van der Waals surface area contributed by atoms with Gasteiger partial charge in [-0.05, 0) is 54.3 Å². The van der Waals surface area contributed by atoms with Gasteiger partial charge in [-0.25, -0.2) is 4.79 Å². The molecule has 3 aliphatic rings. The lowest BCUT2D eigenvalue weighted by atomic mass is 9.92. The molecule has 7 N–H and O–H groups in total. The first-order valence-corrected chi connectivity index (χ1v) is 15.5. The fourth-order valence-electron chi connectivity index (χ4n) is 6.04. The predicted molar refractivity (Wildman–Crippen MR) is 164 cm³/mol. The smallest absolute Gasteiger partial charge is 0.333 e. The molecule has 48 heavy (non-hydrogen) atoms. The van der Waals surface area contributed by atoms with Crippen molar-refractivity contribution in [3.8, 4) is 23.0 Å². The minimum absolute atomic E-state index is 0.0779. The molecule has 2 aromatic carbocycles. The second-order valence-corrected chi connectivity index (χ2v) is 11.8. The Bertz CT molecular complexity index is 1460. The lowest BCUT2D eigenvalue weighted by Gasteiger charge is -2.39. The minimum atomic E-state index is -1.60. The van der Waals surface area contributed by atoms with Crippen molar-refractivity contribution >= 4 is 5.97 Å². The molecule has 0 spiro atoms. The molecule has 15 heteroatoms. The molecule has 264 valence electrons. The Hall–Kier alpha value is -3.51. The van der Waals surface area contributed by atoms with Gasteiger partial charge in [0.1, 0.15) is 42.7 Å². The van der Waals surface area contributed by atoms with E-state index in [2.05, 4.69) is 0 Å². The zero-order chi connectivity index (χ0) is 34.7. The highest BCUT2D eigenvalue weighted by Crippen LogP contribution is 2.52. The van der Waals surface area contributed by atoms with Gasteiger partial charge in [0.25, 0.3) is 0 Å². The Morgan fingerprint density at radius 1 is 0.896 bits per heavy atom. The van der Waals surface area contributed by atoms with Gasteiger partial charge in [-0.2, -0.15) is 0 Å². The number of carbonyl (C=O) groups is 1. The summed E-state index contributed by atoms with van der Waals surface area (Å²) >= 11 is 0. The van der Waals surface area contributed by atoms with Crippen LogP contribution in [0.15, 0.2) is 42.0 Å². The first kappa shape index (κ1) is 35.8. The van der Waals surface area contributed by atoms with Crippen molar-refractivity contribution in [3.05, 3.63) is 58.7 Å². The molecule has 0 bridgehead atoms. The summed E-state index contributed by atoms with van der Waals surface area (Å²) in [7, 11) is 4.49. The Morgan fingerprint density at radius 2 is 1.65 bits per heavy atom. The summed E-state index contributed by atoms with van der Waals surface area (Å²) in [5.74, 6) is 0.731. The van der Waals surface area contributed by atoms with Crippen LogP contribution in [0.3, 0.4) is 0 Å². The summed E-state index contributed by atoms with van der Waals surface area (Å²) in [6.45, 7) is -0.519. The van der Waals surface area contributed by atoms with Gasteiger partial charge in [0, 0.05) is 24.7 Å². The third-order valence-electron chi connectivity index (χ3n) is 8.70. The van der Waals surface area contributed by atoms with Crippen molar-refractivity contribution in [2.75, 3.05) is 34.5 Å². The van der Waals surface area contributed by atoms with E-state index in [0.717, 1.165) is 11.1 Å². The minimum Gasteiger partial charge on any atom is -0.493 e. The van der Waals surface area contributed by atoms with Crippen molar-refractivity contribution in [3.63, 3.8) is 0 Å². The number of benzene rings is 2. The maximum Gasteiger partial charge on any atom is 0.333 e. The molecule has 1 aliphatic carbocycles. The largest absolute Gasteiger partial charge is 0.493 e. The molecule has 1 saturated heterocycles. The molecular weight excluding hydrogens is 636 g/mol. The van der Waals surface area contributed by atoms with E-state index in [0.29, 0.717) is 29.9 Å². The fourth-order valence-corrected chi connectivity index (χ4v) is 6.04. The SMILES string of the molecule is COc1cc([C@@H]2Oc3c(OC)cc(CCCOC(=O)C4=C[C@@H](O)[C@@H](O)[C@H](O)C4)cc3[C@H]2OC)ccc1O[C@@H]1O[C@H](CO)[C@@H](O)[C@H](O)[C@H]1O. The molecule has 2 heterocycles. The highest BCUT2D eigenvalue weighted by atomic mass is 16.7. The number of hydrogen-bond donors (Lipinski definition) is 7. The number of aliphatic hydroxyl groups is 7. The molecule has 0 amide bonds. The summed E-state index contributed by atoms with van der Waals surface area (Å²) in [4.78, 5) is 12.4. The summed E-state index contributed by atoms with van der Waals surface area (Å²) < 4.78 is 40.0. The van der Waals surface area contributed by atoms with Crippen LogP contribution in [0.4, 0.5) is 0 Å². The summed E-state index contributed by atoms with van der Waals surface area (Å²) in [6, 6.07) is 8.72. The standard InChI is InChI=1S/C33H42O15/c1-42-22-13-16(6-7-21(22)46-33-28(40)27(39)26(38)24(14-34)47-33)29-31(44-3)18-9-15(10-23(43-2)30(18)48-29)5-4-8-45-32(41)17-11-19(35)25(37)20(36)12-17/h6-7,9-11,13,19-20,24-29,31,33-40H,4-5,8,12,14H2,1-3H3/t19-,20-,24-,25-,26-,27+,28-,29+,31-,33-/m1/s1.